The van der Waals surface area contributed by atoms with Crippen LogP contribution < -0.4 is 5.32 Å². The first kappa shape index (κ1) is 17.2. The molecule has 0 radical (unpaired) electrons. The third-order valence-electron chi connectivity index (χ3n) is 4.38. The van der Waals surface area contributed by atoms with Crippen LogP contribution in [0.4, 0.5) is 5.82 Å². The minimum Gasteiger partial charge on any atom is -0.505 e. The third kappa shape index (κ3) is 3.41. The van der Waals surface area contributed by atoms with Crippen LogP contribution in [0.3, 0.4) is 0 Å². The van der Waals surface area contributed by atoms with Gasteiger partial charge >= 0.3 is 0 Å². The highest BCUT2D eigenvalue weighted by Gasteiger charge is 2.22. The molecule has 1 aromatic carbocycles. The fourth-order valence-electron chi connectivity index (χ4n) is 3.09. The van der Waals surface area contributed by atoms with Gasteiger partial charge in [-0.1, -0.05) is 17.7 Å². The first-order chi connectivity index (χ1) is 13.1. The maximum absolute atomic E-state index is 10.9. The summed E-state index contributed by atoms with van der Waals surface area (Å²) in [7, 11) is 0. The monoisotopic (exact) mass is 376 g/mol. The number of benzene rings is 1. The summed E-state index contributed by atoms with van der Waals surface area (Å²) in [5.74, 6) is 0.797. The van der Waals surface area contributed by atoms with Crippen molar-refractivity contribution in [1.82, 2.24) is 15.0 Å². The molecular weight excluding hydrogens is 360 g/mol. The van der Waals surface area contributed by atoms with Crippen LogP contribution in [0.2, 0.25) is 5.02 Å². The number of fused-ring (bicyclic) bond motifs is 1. The molecule has 1 unspecified atom stereocenters. The number of nitrogens with one attached hydrogen (secondary N) is 1. The van der Waals surface area contributed by atoms with Gasteiger partial charge in [0.15, 0.2) is 0 Å². The topological polar surface area (TPSA) is 70.9 Å². The lowest BCUT2D eigenvalue weighted by Crippen LogP contribution is -2.14. The van der Waals surface area contributed by atoms with Crippen molar-refractivity contribution in [3.63, 3.8) is 0 Å². The number of halogens is 1. The molecule has 5 nitrogen and oxygen atoms in total. The van der Waals surface area contributed by atoms with Gasteiger partial charge in [-0.3, -0.25) is 9.97 Å². The highest BCUT2D eigenvalue weighted by molar-refractivity contribution is 6.35. The Hall–Kier alpha value is -3.18. The van der Waals surface area contributed by atoms with Crippen LogP contribution in [0.1, 0.15) is 22.9 Å². The van der Waals surface area contributed by atoms with Gasteiger partial charge in [0.2, 0.25) is 0 Å². The quantitative estimate of drug-likeness (QED) is 0.530. The number of phenolic OH excluding ortho intramolecular Hbond substituents is 1. The summed E-state index contributed by atoms with van der Waals surface area (Å²) in [4.78, 5) is 12.9. The summed E-state index contributed by atoms with van der Waals surface area (Å²) >= 11 is 6.49. The fraction of sp³-hybridized carbons (Fsp3) is 0.0952. The molecule has 4 rings (SSSR count). The summed E-state index contributed by atoms with van der Waals surface area (Å²) in [5.41, 5.74) is 2.92. The van der Waals surface area contributed by atoms with E-state index in [1.807, 2.05) is 43.3 Å². The van der Waals surface area contributed by atoms with Crippen molar-refractivity contribution in [3.8, 4) is 5.75 Å². The molecule has 0 aliphatic carbocycles. The zero-order chi connectivity index (χ0) is 18.8. The number of aromatic hydroxyl groups is 1. The van der Waals surface area contributed by atoms with Crippen LogP contribution in [0.15, 0.2) is 67.1 Å². The Labute approximate surface area is 161 Å². The van der Waals surface area contributed by atoms with Gasteiger partial charge in [0.1, 0.15) is 17.1 Å². The summed E-state index contributed by atoms with van der Waals surface area (Å²) in [6.07, 6.45) is 5.07. The molecule has 0 fully saturated rings. The first-order valence-corrected chi connectivity index (χ1v) is 8.87. The van der Waals surface area contributed by atoms with Crippen molar-refractivity contribution in [2.45, 2.75) is 13.0 Å². The molecule has 0 aliphatic heterocycles. The van der Waals surface area contributed by atoms with Crippen LogP contribution >= 0.6 is 11.6 Å². The molecule has 3 aromatic heterocycles. The van der Waals surface area contributed by atoms with Crippen molar-refractivity contribution >= 4 is 28.3 Å². The van der Waals surface area contributed by atoms with Gasteiger partial charge in [0.25, 0.3) is 0 Å². The average Bonchev–Trinajstić information content (AvgIpc) is 2.70. The number of phenols is 1. The largest absolute Gasteiger partial charge is 0.505 e. The van der Waals surface area contributed by atoms with Gasteiger partial charge in [-0.15, -0.1) is 0 Å². The Morgan fingerprint density at radius 3 is 2.63 bits per heavy atom. The van der Waals surface area contributed by atoms with Gasteiger partial charge in [0, 0.05) is 35.2 Å². The maximum atomic E-state index is 10.9. The Kier molecular flexibility index (Phi) is 4.60. The molecule has 3 heterocycles. The highest BCUT2D eigenvalue weighted by Crippen LogP contribution is 2.39. The van der Waals surface area contributed by atoms with E-state index in [9.17, 15) is 5.11 Å². The van der Waals surface area contributed by atoms with E-state index in [-0.39, 0.29) is 11.8 Å². The number of hydrogen-bond acceptors (Lipinski definition) is 5. The summed E-state index contributed by atoms with van der Waals surface area (Å²) in [6, 6.07) is 14.6. The lowest BCUT2D eigenvalue weighted by atomic mass is 9.97. The predicted molar refractivity (Wildman–Crippen MR) is 107 cm³/mol. The number of hydrogen-bond donors (Lipinski definition) is 2. The van der Waals surface area contributed by atoms with Crippen LogP contribution in [0, 0.1) is 6.92 Å². The molecule has 1 atom stereocenters. The van der Waals surface area contributed by atoms with Crippen molar-refractivity contribution < 1.29 is 5.11 Å². The van der Waals surface area contributed by atoms with Gasteiger partial charge < -0.3 is 10.4 Å². The van der Waals surface area contributed by atoms with Crippen molar-refractivity contribution in [2.75, 3.05) is 5.32 Å². The van der Waals surface area contributed by atoms with Crippen LogP contribution in [-0.4, -0.2) is 20.1 Å². The van der Waals surface area contributed by atoms with E-state index in [4.69, 9.17) is 11.6 Å². The molecule has 2 N–H and O–H groups in total. The van der Waals surface area contributed by atoms with E-state index < -0.39 is 0 Å². The van der Waals surface area contributed by atoms with Gasteiger partial charge in [-0.05, 0) is 55.0 Å². The van der Waals surface area contributed by atoms with Crippen molar-refractivity contribution in [3.05, 3.63) is 89.0 Å². The lowest BCUT2D eigenvalue weighted by molar-refractivity contribution is 0.471. The smallest absolute Gasteiger partial charge is 0.147 e. The Bertz CT molecular complexity index is 1100. The molecule has 134 valence electrons. The zero-order valence-electron chi connectivity index (χ0n) is 14.6. The van der Waals surface area contributed by atoms with Crippen LogP contribution in [0.5, 0.6) is 5.75 Å². The molecule has 0 spiro atoms. The van der Waals surface area contributed by atoms with Crippen molar-refractivity contribution in [1.29, 1.82) is 0 Å². The molecule has 0 amide bonds. The van der Waals surface area contributed by atoms with Gasteiger partial charge in [-0.25, -0.2) is 4.98 Å². The molecule has 0 saturated heterocycles. The number of aromatic nitrogens is 3. The third-order valence-corrected chi connectivity index (χ3v) is 4.69. The Morgan fingerprint density at radius 2 is 1.85 bits per heavy atom. The molecular formula is C21H17ClN4O. The fourth-order valence-corrected chi connectivity index (χ4v) is 3.36. The predicted octanol–water partition coefficient (Wildman–Crippen LogP) is 4.89. The number of nitrogens with zero attached hydrogens (tertiary/aromatic N) is 3. The van der Waals surface area contributed by atoms with Gasteiger partial charge in [0.05, 0.1) is 11.1 Å². The maximum Gasteiger partial charge on any atom is 0.147 e. The Balaban J connectivity index is 1.89. The SMILES string of the molecule is Cc1cccc(NC(c2ccncc2)c2cc(Cl)c3cccnc3c2O)n1. The van der Waals surface area contributed by atoms with Crippen molar-refractivity contribution in [2.24, 2.45) is 0 Å². The van der Waals surface area contributed by atoms with E-state index >= 15 is 0 Å². The second kappa shape index (κ2) is 7.21. The standard InChI is InChI=1S/C21H17ClN4O/c1-13-4-2-6-18(25-13)26-19(14-7-10-23-11-8-14)16-12-17(22)15-5-3-9-24-20(15)21(16)27/h2-12,19,27H,1H3,(H,25,26). The number of pyridine rings is 3. The molecule has 27 heavy (non-hydrogen) atoms. The number of rotatable bonds is 4. The first-order valence-electron chi connectivity index (χ1n) is 8.49. The summed E-state index contributed by atoms with van der Waals surface area (Å²) < 4.78 is 0. The summed E-state index contributed by atoms with van der Waals surface area (Å²) in [5, 5.41) is 15.6. The second-order valence-corrected chi connectivity index (χ2v) is 6.63. The number of aryl methyl sites for hydroxylation is 1. The Morgan fingerprint density at radius 1 is 1.04 bits per heavy atom. The zero-order valence-corrected chi connectivity index (χ0v) is 15.4. The highest BCUT2D eigenvalue weighted by atomic mass is 35.5. The van der Waals surface area contributed by atoms with Crippen LogP contribution in [0.25, 0.3) is 10.9 Å². The summed E-state index contributed by atoms with van der Waals surface area (Å²) in [6.45, 7) is 1.93. The number of anilines is 1. The van der Waals surface area contributed by atoms with E-state index in [0.717, 1.165) is 11.3 Å². The van der Waals surface area contributed by atoms with Gasteiger partial charge in [-0.2, -0.15) is 0 Å². The van der Waals surface area contributed by atoms with Crippen LogP contribution in [-0.2, 0) is 0 Å². The normalized spacial score (nSPS) is 12.1. The minimum atomic E-state index is -0.369. The van der Waals surface area contributed by atoms with E-state index in [1.165, 1.54) is 0 Å². The average molecular weight is 377 g/mol. The van der Waals surface area contributed by atoms with E-state index in [2.05, 4.69) is 20.3 Å². The van der Waals surface area contributed by atoms with E-state index in [1.54, 1.807) is 30.7 Å². The minimum absolute atomic E-state index is 0.0944. The molecule has 6 heteroatoms. The molecule has 0 saturated carbocycles. The lowest BCUT2D eigenvalue weighted by Gasteiger charge is -2.22. The molecule has 0 aliphatic rings. The van der Waals surface area contributed by atoms with E-state index in [0.29, 0.717) is 27.3 Å². The molecule has 0 bridgehead atoms. The molecule has 4 aromatic rings. The second-order valence-electron chi connectivity index (χ2n) is 6.22.